The zero-order chi connectivity index (χ0) is 16.8. The van der Waals surface area contributed by atoms with Crippen LogP contribution in [0.3, 0.4) is 0 Å². The van der Waals surface area contributed by atoms with Crippen molar-refractivity contribution >= 4 is 0 Å². The van der Waals surface area contributed by atoms with Crippen molar-refractivity contribution in [2.75, 3.05) is 13.1 Å². The third kappa shape index (κ3) is 4.35. The number of hydrogen-bond donors (Lipinski definition) is 1. The summed E-state index contributed by atoms with van der Waals surface area (Å²) in [6.07, 6.45) is 1.55. The number of ether oxygens (including phenoxy) is 1. The van der Waals surface area contributed by atoms with Crippen molar-refractivity contribution in [1.82, 2.24) is 4.90 Å². The van der Waals surface area contributed by atoms with Gasteiger partial charge in [-0.15, -0.1) is 0 Å². The molecule has 1 aliphatic heterocycles. The van der Waals surface area contributed by atoms with E-state index in [0.717, 1.165) is 43.8 Å². The topological polar surface area (TPSA) is 56.5 Å². The van der Waals surface area contributed by atoms with Crippen LogP contribution in [-0.4, -0.2) is 29.2 Å². The highest BCUT2D eigenvalue weighted by Crippen LogP contribution is 2.19. The van der Waals surface area contributed by atoms with Crippen LogP contribution in [0, 0.1) is 11.3 Å². The molecular formula is C20H22N2O2. The molecule has 0 aromatic heterocycles. The molecule has 1 fully saturated rings. The van der Waals surface area contributed by atoms with Gasteiger partial charge in [-0.3, -0.25) is 4.90 Å². The third-order valence-electron chi connectivity index (χ3n) is 4.39. The molecular weight excluding hydrogens is 300 g/mol. The Balaban J connectivity index is 1.60. The molecule has 0 radical (unpaired) electrons. The molecule has 124 valence electrons. The number of aliphatic hydroxyl groups excluding tert-OH is 1. The number of aliphatic hydroxyl groups is 1. The fraction of sp³-hybridized carbons (Fsp3) is 0.350. The van der Waals surface area contributed by atoms with Crippen LogP contribution >= 0.6 is 0 Å². The lowest BCUT2D eigenvalue weighted by Crippen LogP contribution is -2.35. The fourth-order valence-corrected chi connectivity index (χ4v) is 2.99. The first-order valence-corrected chi connectivity index (χ1v) is 8.35. The molecule has 0 atom stereocenters. The second-order valence-electron chi connectivity index (χ2n) is 6.21. The zero-order valence-electron chi connectivity index (χ0n) is 13.7. The van der Waals surface area contributed by atoms with Crippen LogP contribution in [-0.2, 0) is 13.2 Å². The minimum Gasteiger partial charge on any atom is -0.489 e. The monoisotopic (exact) mass is 322 g/mol. The van der Waals surface area contributed by atoms with Crippen molar-refractivity contribution < 1.29 is 9.84 Å². The Morgan fingerprint density at radius 1 is 1.12 bits per heavy atom. The zero-order valence-corrected chi connectivity index (χ0v) is 13.7. The van der Waals surface area contributed by atoms with Crippen LogP contribution in [0.5, 0.6) is 5.75 Å². The van der Waals surface area contributed by atoms with Crippen LogP contribution in [0.25, 0.3) is 0 Å². The minimum absolute atomic E-state index is 0.142. The molecule has 0 spiro atoms. The highest BCUT2D eigenvalue weighted by Gasteiger charge is 2.16. The van der Waals surface area contributed by atoms with Gasteiger partial charge in [-0.05, 0) is 36.6 Å². The number of piperidine rings is 1. The quantitative estimate of drug-likeness (QED) is 0.919. The lowest BCUT2D eigenvalue weighted by molar-refractivity contribution is 0.0792. The van der Waals surface area contributed by atoms with Gasteiger partial charge in [0.15, 0.2) is 0 Å². The molecule has 4 nitrogen and oxygen atoms in total. The maximum Gasteiger partial charge on any atom is 0.120 e. The molecule has 0 saturated carbocycles. The standard InChI is InChI=1S/C20H22N2O2/c21-13-17-5-1-2-6-18(17)15-24-20-7-3-4-16(12-20)14-22-10-8-19(23)9-11-22/h1-7,12,19,23H,8-11,14-15H2. The Kier molecular flexibility index (Phi) is 5.47. The summed E-state index contributed by atoms with van der Waals surface area (Å²) < 4.78 is 5.87. The Hall–Kier alpha value is -2.35. The molecule has 1 aliphatic rings. The summed E-state index contributed by atoms with van der Waals surface area (Å²) >= 11 is 0. The summed E-state index contributed by atoms with van der Waals surface area (Å²) in [6, 6.07) is 17.8. The van der Waals surface area contributed by atoms with Gasteiger partial charge in [0.2, 0.25) is 0 Å². The molecule has 1 heterocycles. The maximum atomic E-state index is 9.59. The number of nitriles is 1. The van der Waals surface area contributed by atoms with E-state index in [-0.39, 0.29) is 6.10 Å². The Labute approximate surface area is 142 Å². The lowest BCUT2D eigenvalue weighted by atomic mass is 10.1. The summed E-state index contributed by atoms with van der Waals surface area (Å²) in [5.41, 5.74) is 2.76. The molecule has 4 heteroatoms. The predicted molar refractivity (Wildman–Crippen MR) is 92.4 cm³/mol. The summed E-state index contributed by atoms with van der Waals surface area (Å²) in [6.45, 7) is 3.13. The number of likely N-dealkylation sites (tertiary alicyclic amines) is 1. The molecule has 2 aromatic carbocycles. The summed E-state index contributed by atoms with van der Waals surface area (Å²) in [7, 11) is 0. The van der Waals surface area contributed by atoms with Crippen molar-refractivity contribution in [2.45, 2.75) is 32.1 Å². The van der Waals surface area contributed by atoms with Crippen molar-refractivity contribution in [1.29, 1.82) is 5.26 Å². The van der Waals surface area contributed by atoms with Crippen LogP contribution in [0.1, 0.15) is 29.5 Å². The van der Waals surface area contributed by atoms with Gasteiger partial charge in [0.25, 0.3) is 0 Å². The van der Waals surface area contributed by atoms with Crippen molar-refractivity contribution in [3.05, 3.63) is 65.2 Å². The largest absolute Gasteiger partial charge is 0.489 e. The Morgan fingerprint density at radius 3 is 2.71 bits per heavy atom. The van der Waals surface area contributed by atoms with E-state index in [1.807, 2.05) is 30.3 Å². The summed E-state index contributed by atoms with van der Waals surface area (Å²) in [4.78, 5) is 2.36. The molecule has 3 rings (SSSR count). The van der Waals surface area contributed by atoms with Crippen LogP contribution in [0.2, 0.25) is 0 Å². The van der Waals surface area contributed by atoms with Crippen LogP contribution in [0.4, 0.5) is 0 Å². The molecule has 1 saturated heterocycles. The van der Waals surface area contributed by atoms with Crippen molar-refractivity contribution in [3.63, 3.8) is 0 Å². The second kappa shape index (κ2) is 7.96. The number of rotatable bonds is 5. The molecule has 0 bridgehead atoms. The number of nitrogens with zero attached hydrogens (tertiary/aromatic N) is 2. The third-order valence-corrected chi connectivity index (χ3v) is 4.39. The van der Waals surface area contributed by atoms with E-state index in [1.54, 1.807) is 6.07 Å². The molecule has 0 amide bonds. The summed E-state index contributed by atoms with van der Waals surface area (Å²) in [5.74, 6) is 0.817. The SMILES string of the molecule is N#Cc1ccccc1COc1cccc(CN2CCC(O)CC2)c1. The average Bonchev–Trinajstić information content (AvgIpc) is 2.62. The molecule has 0 aliphatic carbocycles. The lowest BCUT2D eigenvalue weighted by Gasteiger charge is -2.29. The number of hydrogen-bond acceptors (Lipinski definition) is 4. The van der Waals surface area contributed by atoms with Gasteiger partial charge in [0.05, 0.1) is 17.7 Å². The summed E-state index contributed by atoms with van der Waals surface area (Å²) in [5, 5.41) is 18.7. The van der Waals surface area contributed by atoms with Crippen molar-refractivity contribution in [2.24, 2.45) is 0 Å². The van der Waals surface area contributed by atoms with E-state index in [1.165, 1.54) is 5.56 Å². The molecule has 24 heavy (non-hydrogen) atoms. The first-order chi connectivity index (χ1) is 11.7. The maximum absolute atomic E-state index is 9.59. The highest BCUT2D eigenvalue weighted by atomic mass is 16.5. The van der Waals surface area contributed by atoms with Gasteiger partial charge in [-0.2, -0.15) is 5.26 Å². The van der Waals surface area contributed by atoms with E-state index in [0.29, 0.717) is 12.2 Å². The number of benzene rings is 2. The smallest absolute Gasteiger partial charge is 0.120 e. The fourth-order valence-electron chi connectivity index (χ4n) is 2.99. The average molecular weight is 322 g/mol. The van der Waals surface area contributed by atoms with Crippen LogP contribution < -0.4 is 4.74 Å². The van der Waals surface area contributed by atoms with Crippen molar-refractivity contribution in [3.8, 4) is 11.8 Å². The molecule has 0 unspecified atom stereocenters. The molecule has 1 N–H and O–H groups in total. The van der Waals surface area contributed by atoms with Gasteiger partial charge in [-0.25, -0.2) is 0 Å². The minimum atomic E-state index is -0.142. The van der Waals surface area contributed by atoms with Crippen LogP contribution in [0.15, 0.2) is 48.5 Å². The van der Waals surface area contributed by atoms with Gasteiger partial charge >= 0.3 is 0 Å². The van der Waals surface area contributed by atoms with Gasteiger partial charge in [0, 0.05) is 25.2 Å². The van der Waals surface area contributed by atoms with Gasteiger partial charge in [0.1, 0.15) is 12.4 Å². The normalized spacial score (nSPS) is 15.8. The first-order valence-electron chi connectivity index (χ1n) is 8.35. The van der Waals surface area contributed by atoms with E-state index >= 15 is 0 Å². The Bertz CT molecular complexity index is 716. The Morgan fingerprint density at radius 2 is 1.92 bits per heavy atom. The first kappa shape index (κ1) is 16.5. The van der Waals surface area contributed by atoms with E-state index in [2.05, 4.69) is 23.1 Å². The van der Waals surface area contributed by atoms with E-state index < -0.39 is 0 Å². The second-order valence-corrected chi connectivity index (χ2v) is 6.21. The predicted octanol–water partition coefficient (Wildman–Crippen LogP) is 3.09. The molecule has 2 aromatic rings. The van der Waals surface area contributed by atoms with E-state index in [4.69, 9.17) is 10.00 Å². The van der Waals surface area contributed by atoms with Gasteiger partial charge in [-0.1, -0.05) is 30.3 Å². The highest BCUT2D eigenvalue weighted by molar-refractivity contribution is 5.37. The van der Waals surface area contributed by atoms with E-state index in [9.17, 15) is 5.11 Å². The van der Waals surface area contributed by atoms with Gasteiger partial charge < -0.3 is 9.84 Å².